The highest BCUT2D eigenvalue weighted by Gasteiger charge is 2.45. The third kappa shape index (κ3) is 3.66. The summed E-state index contributed by atoms with van der Waals surface area (Å²) in [7, 11) is 0. The van der Waals surface area contributed by atoms with Crippen molar-refractivity contribution in [3.8, 4) is 0 Å². The normalized spacial score (nSPS) is 23.5. The van der Waals surface area contributed by atoms with Crippen LogP contribution in [0.2, 0.25) is 0 Å². The highest BCUT2D eigenvalue weighted by molar-refractivity contribution is 5.98. The number of amides is 1. The topological polar surface area (TPSA) is 46.6 Å². The van der Waals surface area contributed by atoms with Crippen molar-refractivity contribution in [3.05, 3.63) is 71.0 Å². The number of carbonyl (C=O) groups is 2. The van der Waals surface area contributed by atoms with Crippen LogP contribution in [0.25, 0.3) is 0 Å². The Morgan fingerprint density at radius 2 is 1.75 bits per heavy atom. The fourth-order valence-corrected chi connectivity index (χ4v) is 4.46. The molecule has 0 aromatic heterocycles. The maximum absolute atomic E-state index is 13.8. The molecule has 2 fully saturated rings. The predicted octanol–water partition coefficient (Wildman–Crippen LogP) is 4.90. The first-order valence-electron chi connectivity index (χ1n) is 9.82. The molecule has 28 heavy (non-hydrogen) atoms. The van der Waals surface area contributed by atoms with E-state index >= 15 is 0 Å². The lowest BCUT2D eigenvalue weighted by Crippen LogP contribution is -2.48. The molecule has 4 nitrogen and oxygen atoms in total. The highest BCUT2D eigenvalue weighted by Crippen LogP contribution is 2.40. The van der Waals surface area contributed by atoms with Crippen molar-refractivity contribution in [3.63, 3.8) is 0 Å². The lowest BCUT2D eigenvalue weighted by Gasteiger charge is -2.37. The van der Waals surface area contributed by atoms with Crippen LogP contribution >= 0.6 is 0 Å². The summed E-state index contributed by atoms with van der Waals surface area (Å²) < 4.78 is 19.4. The van der Waals surface area contributed by atoms with Gasteiger partial charge in [0.25, 0.3) is 0 Å². The lowest BCUT2D eigenvalue weighted by molar-refractivity contribution is 0.0485. The van der Waals surface area contributed by atoms with E-state index in [-0.39, 0.29) is 42.3 Å². The van der Waals surface area contributed by atoms with Gasteiger partial charge in [-0.2, -0.15) is 0 Å². The number of piperidine rings is 1. The van der Waals surface area contributed by atoms with Gasteiger partial charge in [-0.3, -0.25) is 4.79 Å². The van der Waals surface area contributed by atoms with Gasteiger partial charge in [0.05, 0.1) is 0 Å². The fourth-order valence-electron chi connectivity index (χ4n) is 4.46. The molecule has 0 spiro atoms. The van der Waals surface area contributed by atoms with Gasteiger partial charge >= 0.3 is 6.09 Å². The smallest absolute Gasteiger partial charge is 0.410 e. The average molecular weight is 381 g/mol. The Bertz CT molecular complexity index is 869. The van der Waals surface area contributed by atoms with Crippen LogP contribution in [0.5, 0.6) is 0 Å². The van der Waals surface area contributed by atoms with Crippen molar-refractivity contribution in [1.82, 2.24) is 4.90 Å². The number of halogens is 1. The Morgan fingerprint density at radius 3 is 2.39 bits per heavy atom. The summed E-state index contributed by atoms with van der Waals surface area (Å²) in [6.07, 6.45) is 2.70. The number of aryl methyl sites for hydroxylation is 1. The van der Waals surface area contributed by atoms with Gasteiger partial charge in [-0.05, 0) is 49.8 Å². The van der Waals surface area contributed by atoms with E-state index in [1.165, 1.54) is 6.07 Å². The highest BCUT2D eigenvalue weighted by atomic mass is 19.1. The zero-order chi connectivity index (χ0) is 19.7. The molecule has 2 unspecified atom stereocenters. The number of rotatable bonds is 4. The van der Waals surface area contributed by atoms with Crippen molar-refractivity contribution in [2.45, 2.75) is 51.3 Å². The molecule has 2 aliphatic heterocycles. The average Bonchev–Trinajstić information content (AvgIpc) is 2.98. The molecule has 146 valence electrons. The number of hydrogen-bond donors (Lipinski definition) is 0. The van der Waals surface area contributed by atoms with E-state index in [4.69, 9.17) is 4.74 Å². The third-order valence-corrected chi connectivity index (χ3v) is 5.98. The van der Waals surface area contributed by atoms with E-state index in [0.29, 0.717) is 24.0 Å². The number of Topliss-reactive ketones (excluding diaryl/α,β-unsaturated/α-hetero) is 1. The van der Waals surface area contributed by atoms with Gasteiger partial charge in [0.15, 0.2) is 5.78 Å². The van der Waals surface area contributed by atoms with Crippen LogP contribution in [0, 0.1) is 18.7 Å². The number of hydrogen-bond acceptors (Lipinski definition) is 3. The van der Waals surface area contributed by atoms with Crippen molar-refractivity contribution in [2.24, 2.45) is 5.92 Å². The molecule has 5 heteroatoms. The van der Waals surface area contributed by atoms with E-state index in [2.05, 4.69) is 0 Å². The second-order valence-corrected chi connectivity index (χ2v) is 7.83. The molecule has 2 bridgehead atoms. The summed E-state index contributed by atoms with van der Waals surface area (Å²) in [5.41, 5.74) is 1.91. The van der Waals surface area contributed by atoms with Gasteiger partial charge in [-0.25, -0.2) is 9.18 Å². The first kappa shape index (κ1) is 18.7. The Hall–Kier alpha value is -2.69. The Balaban J connectivity index is 1.40. The summed E-state index contributed by atoms with van der Waals surface area (Å²) in [5, 5.41) is 0. The maximum atomic E-state index is 13.8. The van der Waals surface area contributed by atoms with Crippen LogP contribution < -0.4 is 0 Å². The molecule has 2 aromatic carbocycles. The summed E-state index contributed by atoms with van der Waals surface area (Å²) in [4.78, 5) is 27.3. The van der Waals surface area contributed by atoms with E-state index in [1.807, 2.05) is 35.2 Å². The van der Waals surface area contributed by atoms with Gasteiger partial charge in [0.2, 0.25) is 0 Å². The molecule has 2 aromatic rings. The zero-order valence-corrected chi connectivity index (χ0v) is 15.9. The quantitative estimate of drug-likeness (QED) is 0.708. The number of carbonyl (C=O) groups excluding carboxylic acids is 2. The van der Waals surface area contributed by atoms with Gasteiger partial charge < -0.3 is 9.64 Å². The summed E-state index contributed by atoms with van der Waals surface area (Å²) in [5.74, 6) is -0.540. The van der Waals surface area contributed by atoms with Crippen LogP contribution in [0.4, 0.5) is 9.18 Å². The summed E-state index contributed by atoms with van der Waals surface area (Å²) in [6.45, 7) is 1.93. The molecule has 2 atom stereocenters. The van der Waals surface area contributed by atoms with Crippen LogP contribution in [0.3, 0.4) is 0 Å². The molecule has 0 saturated carbocycles. The maximum Gasteiger partial charge on any atom is 0.410 e. The predicted molar refractivity (Wildman–Crippen MR) is 103 cm³/mol. The number of ether oxygens (including phenoxy) is 1. The number of fused-ring (bicyclic) bond motifs is 2. The minimum absolute atomic E-state index is 0.0197. The molecule has 0 aliphatic carbocycles. The Morgan fingerprint density at radius 1 is 1.07 bits per heavy atom. The number of benzene rings is 2. The lowest BCUT2D eigenvalue weighted by atomic mass is 9.84. The second kappa shape index (κ2) is 7.74. The monoisotopic (exact) mass is 381 g/mol. The molecule has 4 rings (SSSR count). The molecular formula is C23H24FNO3. The number of nitrogens with zero attached hydrogens (tertiary/aromatic N) is 1. The second-order valence-electron chi connectivity index (χ2n) is 7.83. The largest absolute Gasteiger partial charge is 0.445 e. The Labute approximate surface area is 164 Å². The summed E-state index contributed by atoms with van der Waals surface area (Å²) in [6, 6.07) is 14.3. The molecule has 2 aliphatic rings. The van der Waals surface area contributed by atoms with Crippen LogP contribution in [-0.4, -0.2) is 28.9 Å². The van der Waals surface area contributed by atoms with Crippen molar-refractivity contribution in [1.29, 1.82) is 0 Å². The molecule has 0 N–H and O–H groups in total. The molecule has 1 amide bonds. The van der Waals surface area contributed by atoms with Crippen LogP contribution in [-0.2, 0) is 11.3 Å². The van der Waals surface area contributed by atoms with E-state index in [1.54, 1.807) is 19.1 Å². The van der Waals surface area contributed by atoms with Gasteiger partial charge in [0, 0.05) is 23.6 Å². The number of ketones is 1. The van der Waals surface area contributed by atoms with Crippen LogP contribution in [0.1, 0.15) is 47.2 Å². The van der Waals surface area contributed by atoms with E-state index < -0.39 is 0 Å². The SMILES string of the molecule is Cc1ccc(C(=O)C2CC3CCC(C2)N3C(=O)OCc2ccccc2)cc1F. The van der Waals surface area contributed by atoms with Gasteiger partial charge in [-0.15, -0.1) is 0 Å². The van der Waals surface area contributed by atoms with Crippen molar-refractivity contribution in [2.75, 3.05) is 0 Å². The van der Waals surface area contributed by atoms with Crippen molar-refractivity contribution >= 4 is 11.9 Å². The Kier molecular flexibility index (Phi) is 5.16. The minimum atomic E-state index is -0.351. The van der Waals surface area contributed by atoms with Crippen LogP contribution in [0.15, 0.2) is 48.5 Å². The first-order valence-corrected chi connectivity index (χ1v) is 9.82. The van der Waals surface area contributed by atoms with E-state index in [0.717, 1.165) is 18.4 Å². The van der Waals surface area contributed by atoms with Crippen molar-refractivity contribution < 1.29 is 18.7 Å². The molecular weight excluding hydrogens is 357 g/mol. The van der Waals surface area contributed by atoms with Gasteiger partial charge in [-0.1, -0.05) is 42.5 Å². The van der Waals surface area contributed by atoms with E-state index in [9.17, 15) is 14.0 Å². The molecule has 0 radical (unpaired) electrons. The molecule has 2 heterocycles. The third-order valence-electron chi connectivity index (χ3n) is 5.98. The fraction of sp³-hybridized carbons (Fsp3) is 0.391. The minimum Gasteiger partial charge on any atom is -0.445 e. The first-order chi connectivity index (χ1) is 13.5. The summed E-state index contributed by atoms with van der Waals surface area (Å²) >= 11 is 0. The zero-order valence-electron chi connectivity index (χ0n) is 15.9. The standard InChI is InChI=1S/C23H24FNO3/c1-15-7-8-17(13-21(15)24)22(26)18-11-19-9-10-20(12-18)25(19)23(27)28-14-16-5-3-2-4-6-16/h2-8,13,18-20H,9-12,14H2,1H3. The van der Waals surface area contributed by atoms with Gasteiger partial charge in [0.1, 0.15) is 12.4 Å². The molecule has 2 saturated heterocycles.